The van der Waals surface area contributed by atoms with E-state index in [1.54, 1.807) is 7.11 Å². The van der Waals surface area contributed by atoms with Gasteiger partial charge in [0.05, 0.1) is 12.9 Å². The van der Waals surface area contributed by atoms with Gasteiger partial charge in [-0.3, -0.25) is 4.79 Å². The molecule has 7 nitrogen and oxygen atoms in total. The number of H-pyrrole nitrogens is 1. The van der Waals surface area contributed by atoms with Gasteiger partial charge in [-0.25, -0.2) is 4.98 Å². The number of nitrogens with one attached hydrogen (secondary N) is 2. The van der Waals surface area contributed by atoms with E-state index in [9.17, 15) is 4.79 Å². The fraction of sp³-hybridized carbons (Fsp3) is 0.333. The predicted molar refractivity (Wildman–Crippen MR) is 89.8 cm³/mol. The van der Waals surface area contributed by atoms with Crippen LogP contribution in [0.3, 0.4) is 0 Å². The number of hydrogen-bond donors (Lipinski definition) is 2. The maximum absolute atomic E-state index is 11.6. The van der Waals surface area contributed by atoms with E-state index in [0.29, 0.717) is 22.9 Å². The van der Waals surface area contributed by atoms with Crippen LogP contribution in [0.5, 0.6) is 5.75 Å². The van der Waals surface area contributed by atoms with Crippen LogP contribution < -0.4 is 10.1 Å². The molecule has 0 radical (unpaired) electrons. The third-order valence-electron chi connectivity index (χ3n) is 3.31. The number of fused-ring (bicyclic) bond motifs is 3. The molecule has 3 aromatic rings. The van der Waals surface area contributed by atoms with E-state index in [1.165, 1.54) is 11.8 Å². The van der Waals surface area contributed by atoms with Crippen molar-refractivity contribution in [3.63, 3.8) is 0 Å². The van der Waals surface area contributed by atoms with Crippen LogP contribution in [0.15, 0.2) is 23.4 Å². The number of thioether (sulfide) groups is 1. The second kappa shape index (κ2) is 6.82. The normalized spacial score (nSPS) is 11.0. The number of hydrogen-bond acceptors (Lipinski definition) is 6. The molecule has 1 aromatic carbocycles. The third kappa shape index (κ3) is 3.37. The zero-order chi connectivity index (χ0) is 16.2. The highest BCUT2D eigenvalue weighted by Gasteiger charge is 2.11. The number of benzene rings is 1. The average Bonchev–Trinajstić information content (AvgIpc) is 2.94. The Hall–Kier alpha value is -2.35. The zero-order valence-corrected chi connectivity index (χ0v) is 13.7. The second-order valence-electron chi connectivity index (χ2n) is 4.97. The molecule has 0 aliphatic carbocycles. The fourth-order valence-corrected chi connectivity index (χ4v) is 2.79. The lowest BCUT2D eigenvalue weighted by molar-refractivity contribution is -0.118. The van der Waals surface area contributed by atoms with Crippen molar-refractivity contribution in [3.8, 4) is 5.75 Å². The van der Waals surface area contributed by atoms with Gasteiger partial charge in [0.1, 0.15) is 11.3 Å². The molecule has 0 aliphatic rings. The summed E-state index contributed by atoms with van der Waals surface area (Å²) in [5.41, 5.74) is 2.27. The predicted octanol–water partition coefficient (Wildman–Crippen LogP) is 2.13. The summed E-state index contributed by atoms with van der Waals surface area (Å²) in [5.74, 6) is 1.01. The van der Waals surface area contributed by atoms with Gasteiger partial charge >= 0.3 is 0 Å². The molecule has 1 amide bonds. The van der Waals surface area contributed by atoms with E-state index in [1.807, 2.05) is 25.1 Å². The minimum atomic E-state index is -0.0260. The van der Waals surface area contributed by atoms with E-state index in [4.69, 9.17) is 4.74 Å². The van der Waals surface area contributed by atoms with Crippen LogP contribution in [-0.4, -0.2) is 45.5 Å². The standard InChI is InChI=1S/C15H17N5O2S/c1-3-6-16-12(21)8-23-15-18-14-13(19-20-15)10-7-9(22-2)4-5-11(10)17-14/h4-5,7H,3,6,8H2,1-2H3,(H,16,21)(H,17,18,20). The molecule has 2 aromatic heterocycles. The first kappa shape index (κ1) is 15.5. The highest BCUT2D eigenvalue weighted by atomic mass is 32.2. The number of amides is 1. The van der Waals surface area contributed by atoms with Gasteiger partial charge < -0.3 is 15.0 Å². The van der Waals surface area contributed by atoms with E-state index < -0.39 is 0 Å². The van der Waals surface area contributed by atoms with Gasteiger partial charge in [0.15, 0.2) is 5.65 Å². The van der Waals surface area contributed by atoms with Crippen molar-refractivity contribution in [1.82, 2.24) is 25.5 Å². The molecule has 2 heterocycles. The van der Waals surface area contributed by atoms with Crippen LogP contribution in [0.1, 0.15) is 13.3 Å². The number of ether oxygens (including phenoxy) is 1. The van der Waals surface area contributed by atoms with Gasteiger partial charge in [-0.2, -0.15) is 0 Å². The first-order valence-electron chi connectivity index (χ1n) is 7.31. The Morgan fingerprint density at radius 1 is 1.39 bits per heavy atom. The molecule has 0 saturated carbocycles. The molecule has 120 valence electrons. The zero-order valence-electron chi connectivity index (χ0n) is 12.9. The highest BCUT2D eigenvalue weighted by Crippen LogP contribution is 2.26. The van der Waals surface area contributed by atoms with Crippen LogP contribution in [0.4, 0.5) is 0 Å². The molecule has 2 N–H and O–H groups in total. The lowest BCUT2D eigenvalue weighted by Crippen LogP contribution is -2.25. The van der Waals surface area contributed by atoms with E-state index in [0.717, 1.165) is 23.1 Å². The molecule has 8 heteroatoms. The number of aromatic nitrogens is 4. The molecule has 0 aliphatic heterocycles. The Labute approximate surface area is 137 Å². The molecule has 0 fully saturated rings. The van der Waals surface area contributed by atoms with Gasteiger partial charge in [0.25, 0.3) is 0 Å². The van der Waals surface area contributed by atoms with Crippen molar-refractivity contribution in [1.29, 1.82) is 0 Å². The number of carbonyl (C=O) groups is 1. The van der Waals surface area contributed by atoms with Gasteiger partial charge in [-0.05, 0) is 24.6 Å². The third-order valence-corrected chi connectivity index (χ3v) is 4.14. The molecular weight excluding hydrogens is 314 g/mol. The first-order valence-corrected chi connectivity index (χ1v) is 8.29. The topological polar surface area (TPSA) is 92.8 Å². The van der Waals surface area contributed by atoms with Gasteiger partial charge in [-0.1, -0.05) is 18.7 Å². The number of carbonyl (C=O) groups excluding carboxylic acids is 1. The monoisotopic (exact) mass is 331 g/mol. The quantitative estimate of drug-likeness (QED) is 0.672. The number of rotatable bonds is 6. The van der Waals surface area contributed by atoms with E-state index >= 15 is 0 Å². The van der Waals surface area contributed by atoms with Crippen molar-refractivity contribution < 1.29 is 9.53 Å². The maximum Gasteiger partial charge on any atom is 0.230 e. The van der Waals surface area contributed by atoms with E-state index in [2.05, 4.69) is 25.5 Å². The Morgan fingerprint density at radius 2 is 2.26 bits per heavy atom. The molecule has 23 heavy (non-hydrogen) atoms. The lowest BCUT2D eigenvalue weighted by Gasteiger charge is -2.02. The summed E-state index contributed by atoms with van der Waals surface area (Å²) < 4.78 is 5.23. The molecule has 0 bridgehead atoms. The van der Waals surface area contributed by atoms with Crippen molar-refractivity contribution in [3.05, 3.63) is 18.2 Å². The first-order chi connectivity index (χ1) is 11.2. The number of aromatic amines is 1. The molecular formula is C15H17N5O2S. The summed E-state index contributed by atoms with van der Waals surface area (Å²) in [7, 11) is 1.62. The SMILES string of the molecule is CCCNC(=O)CSc1nnc2c(n1)[nH]c1ccc(OC)cc12. The average molecular weight is 331 g/mol. The van der Waals surface area contributed by atoms with Gasteiger partial charge in [0.2, 0.25) is 11.1 Å². The minimum absolute atomic E-state index is 0.0260. The Kier molecular flexibility index (Phi) is 4.61. The Bertz CT molecular complexity index is 848. The van der Waals surface area contributed by atoms with Crippen molar-refractivity contribution in [2.45, 2.75) is 18.5 Å². The largest absolute Gasteiger partial charge is 0.497 e. The molecule has 3 rings (SSSR count). The van der Waals surface area contributed by atoms with Crippen LogP contribution in [0.2, 0.25) is 0 Å². The summed E-state index contributed by atoms with van der Waals surface area (Å²) >= 11 is 1.27. The summed E-state index contributed by atoms with van der Waals surface area (Å²) in [4.78, 5) is 19.3. The highest BCUT2D eigenvalue weighted by molar-refractivity contribution is 7.99. The van der Waals surface area contributed by atoms with Crippen molar-refractivity contribution >= 4 is 39.7 Å². The molecule has 0 spiro atoms. The second-order valence-corrected chi connectivity index (χ2v) is 5.91. The minimum Gasteiger partial charge on any atom is -0.497 e. The summed E-state index contributed by atoms with van der Waals surface area (Å²) in [6.45, 7) is 2.70. The van der Waals surface area contributed by atoms with E-state index in [-0.39, 0.29) is 11.7 Å². The molecule has 0 atom stereocenters. The fourth-order valence-electron chi connectivity index (χ4n) is 2.17. The van der Waals surface area contributed by atoms with Gasteiger partial charge in [-0.15, -0.1) is 10.2 Å². The summed E-state index contributed by atoms with van der Waals surface area (Å²) in [5, 5.41) is 12.5. The summed E-state index contributed by atoms with van der Waals surface area (Å²) in [6, 6.07) is 5.69. The van der Waals surface area contributed by atoms with Crippen LogP contribution in [-0.2, 0) is 4.79 Å². The van der Waals surface area contributed by atoms with Crippen molar-refractivity contribution in [2.75, 3.05) is 19.4 Å². The van der Waals surface area contributed by atoms with Gasteiger partial charge in [0, 0.05) is 17.4 Å². The summed E-state index contributed by atoms with van der Waals surface area (Å²) in [6.07, 6.45) is 0.916. The number of methoxy groups -OCH3 is 1. The van der Waals surface area contributed by atoms with Crippen LogP contribution in [0, 0.1) is 0 Å². The Balaban J connectivity index is 1.82. The number of nitrogens with zero attached hydrogens (tertiary/aromatic N) is 3. The van der Waals surface area contributed by atoms with Crippen LogP contribution >= 0.6 is 11.8 Å². The molecule has 0 unspecified atom stereocenters. The smallest absolute Gasteiger partial charge is 0.230 e. The Morgan fingerprint density at radius 3 is 3.04 bits per heavy atom. The van der Waals surface area contributed by atoms with Crippen LogP contribution in [0.25, 0.3) is 22.1 Å². The van der Waals surface area contributed by atoms with Crippen molar-refractivity contribution in [2.24, 2.45) is 0 Å². The molecule has 0 saturated heterocycles. The lowest BCUT2D eigenvalue weighted by atomic mass is 10.2. The maximum atomic E-state index is 11.6.